The molecule has 1 N–H and O–H groups in total. The lowest BCUT2D eigenvalue weighted by atomic mass is 9.99. The fourth-order valence-corrected chi connectivity index (χ4v) is 4.02. The number of anilines is 2. The van der Waals surface area contributed by atoms with E-state index < -0.39 is 23.6 Å². The molecule has 4 aromatic rings. The van der Waals surface area contributed by atoms with E-state index in [0.29, 0.717) is 28.3 Å². The lowest BCUT2D eigenvalue weighted by Crippen LogP contribution is -2.17. The highest BCUT2D eigenvalue weighted by Gasteiger charge is 2.34. The summed E-state index contributed by atoms with van der Waals surface area (Å²) in [7, 11) is 1.63. The van der Waals surface area contributed by atoms with Crippen LogP contribution in [0.5, 0.6) is 0 Å². The van der Waals surface area contributed by atoms with Gasteiger partial charge in [0.1, 0.15) is 5.92 Å². The zero-order valence-electron chi connectivity index (χ0n) is 20.7. The van der Waals surface area contributed by atoms with Crippen LogP contribution >= 0.6 is 0 Å². The van der Waals surface area contributed by atoms with E-state index in [9.17, 15) is 23.2 Å². The normalized spacial score (nSPS) is 12.0. The summed E-state index contributed by atoms with van der Waals surface area (Å²) in [6.07, 6.45) is -3.10. The molecule has 1 unspecified atom stereocenters. The van der Waals surface area contributed by atoms with Gasteiger partial charge in [-0.1, -0.05) is 30.3 Å². The topological polar surface area (TPSA) is 92.8 Å². The molecule has 0 amide bonds. The van der Waals surface area contributed by atoms with Gasteiger partial charge in [-0.05, 0) is 43.3 Å². The van der Waals surface area contributed by atoms with E-state index in [-0.39, 0.29) is 24.3 Å². The number of nitrogens with zero attached hydrogens (tertiary/aromatic N) is 4. The number of hydrogen-bond acceptors (Lipinski definition) is 6. The summed E-state index contributed by atoms with van der Waals surface area (Å²) >= 11 is 0. The standard InChI is InChI=1S/C28H24F3N5O2/c1-3-38-27(37)20(13-15-32)23-11-12-25(26(34-23)18-7-5-4-6-8-18)33-19-9-10-22(28(29,30)31)21(17-19)24-14-16-36(2)35-24/h4-12,14,16-17,20,33H,3,13H2,1-2H3. The van der Waals surface area contributed by atoms with Crippen LogP contribution in [0.1, 0.15) is 30.5 Å². The Kier molecular flexibility index (Phi) is 7.76. The van der Waals surface area contributed by atoms with Crippen molar-refractivity contribution < 1.29 is 22.7 Å². The van der Waals surface area contributed by atoms with Gasteiger partial charge in [-0.25, -0.2) is 4.98 Å². The van der Waals surface area contributed by atoms with Crippen LogP contribution in [0, 0.1) is 11.3 Å². The molecule has 0 radical (unpaired) electrons. The van der Waals surface area contributed by atoms with E-state index >= 15 is 0 Å². The zero-order chi connectivity index (χ0) is 27.3. The summed E-state index contributed by atoms with van der Waals surface area (Å²) in [5.41, 5.74) is 1.76. The average molecular weight is 520 g/mol. The Labute approximate surface area is 217 Å². The molecule has 2 aromatic carbocycles. The Balaban J connectivity index is 1.79. The maximum Gasteiger partial charge on any atom is 0.417 e. The van der Waals surface area contributed by atoms with Crippen molar-refractivity contribution in [3.63, 3.8) is 0 Å². The van der Waals surface area contributed by atoms with E-state index in [1.807, 2.05) is 36.4 Å². The molecular weight excluding hydrogens is 495 g/mol. The lowest BCUT2D eigenvalue weighted by Gasteiger charge is -2.18. The molecule has 0 aliphatic rings. The van der Waals surface area contributed by atoms with E-state index in [1.165, 1.54) is 22.9 Å². The second kappa shape index (κ2) is 11.2. The third kappa shape index (κ3) is 5.83. The molecule has 194 valence electrons. The summed E-state index contributed by atoms with van der Waals surface area (Å²) in [4.78, 5) is 17.2. The van der Waals surface area contributed by atoms with Crippen molar-refractivity contribution in [2.45, 2.75) is 25.4 Å². The number of aryl methyl sites for hydroxylation is 1. The summed E-state index contributed by atoms with van der Waals surface area (Å²) in [5, 5.41) is 16.6. The third-order valence-corrected chi connectivity index (χ3v) is 5.78. The lowest BCUT2D eigenvalue weighted by molar-refractivity contribution is -0.145. The van der Waals surface area contributed by atoms with Crippen molar-refractivity contribution in [3.8, 4) is 28.6 Å². The van der Waals surface area contributed by atoms with E-state index in [2.05, 4.69) is 10.4 Å². The first-order valence-corrected chi connectivity index (χ1v) is 11.8. The Morgan fingerprint density at radius 3 is 2.53 bits per heavy atom. The highest BCUT2D eigenvalue weighted by Crippen LogP contribution is 2.39. The SMILES string of the molecule is CCOC(=O)C(CC#N)c1ccc(Nc2ccc(C(F)(F)F)c(-c3ccn(C)n3)c2)c(-c2ccccc2)n1. The van der Waals surface area contributed by atoms with Crippen LogP contribution in [-0.4, -0.2) is 27.3 Å². The quantitative estimate of drug-likeness (QED) is 0.268. The van der Waals surface area contributed by atoms with Crippen LogP contribution < -0.4 is 5.32 Å². The number of nitriles is 1. The number of rotatable bonds is 8. The molecule has 2 aromatic heterocycles. The van der Waals surface area contributed by atoms with E-state index in [4.69, 9.17) is 9.72 Å². The highest BCUT2D eigenvalue weighted by molar-refractivity contribution is 5.82. The molecule has 1 atom stereocenters. The summed E-state index contributed by atoms with van der Waals surface area (Å²) in [6.45, 7) is 1.85. The molecule has 0 aliphatic heterocycles. The summed E-state index contributed by atoms with van der Waals surface area (Å²) in [6, 6.07) is 19.7. The van der Waals surface area contributed by atoms with Gasteiger partial charge in [0, 0.05) is 30.1 Å². The van der Waals surface area contributed by atoms with Gasteiger partial charge in [0.05, 0.1) is 47.4 Å². The Hall–Kier alpha value is -4.65. The van der Waals surface area contributed by atoms with Crippen molar-refractivity contribution in [3.05, 3.63) is 84.2 Å². The number of carbonyl (C=O) groups excluding carboxylic acids is 1. The second-order valence-electron chi connectivity index (χ2n) is 8.42. The van der Waals surface area contributed by atoms with Crippen molar-refractivity contribution in [1.29, 1.82) is 5.26 Å². The predicted molar refractivity (Wildman–Crippen MR) is 136 cm³/mol. The number of ether oxygens (including phenoxy) is 1. The minimum atomic E-state index is -4.56. The van der Waals surface area contributed by atoms with Gasteiger partial charge < -0.3 is 10.1 Å². The first kappa shape index (κ1) is 26.4. The minimum Gasteiger partial charge on any atom is -0.465 e. The molecular formula is C28H24F3N5O2. The van der Waals surface area contributed by atoms with Crippen LogP contribution in [0.15, 0.2) is 72.9 Å². The number of aromatic nitrogens is 3. The van der Waals surface area contributed by atoms with Crippen LogP contribution in [0.3, 0.4) is 0 Å². The summed E-state index contributed by atoms with van der Waals surface area (Å²) in [5.74, 6) is -1.43. The van der Waals surface area contributed by atoms with Gasteiger partial charge in [0.2, 0.25) is 0 Å². The second-order valence-corrected chi connectivity index (χ2v) is 8.42. The van der Waals surface area contributed by atoms with Gasteiger partial charge in [-0.2, -0.15) is 23.5 Å². The molecule has 0 saturated heterocycles. The number of benzene rings is 2. The summed E-state index contributed by atoms with van der Waals surface area (Å²) < 4.78 is 47.9. The first-order valence-electron chi connectivity index (χ1n) is 11.8. The third-order valence-electron chi connectivity index (χ3n) is 5.78. The van der Waals surface area contributed by atoms with Crippen molar-refractivity contribution >= 4 is 17.3 Å². The number of esters is 1. The van der Waals surface area contributed by atoms with Gasteiger partial charge >= 0.3 is 12.1 Å². The molecule has 2 heterocycles. The van der Waals surface area contributed by atoms with Crippen LogP contribution in [0.25, 0.3) is 22.5 Å². The maximum absolute atomic E-state index is 13.8. The number of nitrogens with one attached hydrogen (secondary N) is 1. The fraction of sp³-hybridized carbons (Fsp3) is 0.214. The number of pyridine rings is 1. The zero-order valence-corrected chi connectivity index (χ0v) is 20.7. The van der Waals surface area contributed by atoms with Crippen LogP contribution in [0.4, 0.5) is 24.5 Å². The molecule has 0 spiro atoms. The molecule has 0 saturated carbocycles. The largest absolute Gasteiger partial charge is 0.465 e. The van der Waals surface area contributed by atoms with Gasteiger partial charge in [0.25, 0.3) is 0 Å². The number of alkyl halides is 3. The molecule has 4 rings (SSSR count). The smallest absolute Gasteiger partial charge is 0.417 e. The Bertz CT molecular complexity index is 1480. The monoisotopic (exact) mass is 519 g/mol. The molecule has 7 nitrogen and oxygen atoms in total. The van der Waals surface area contributed by atoms with Gasteiger partial charge in [-0.3, -0.25) is 9.48 Å². The number of hydrogen-bond donors (Lipinski definition) is 1. The molecule has 0 fully saturated rings. The number of halogens is 3. The van der Waals surface area contributed by atoms with Crippen LogP contribution in [0.2, 0.25) is 0 Å². The molecule has 0 aliphatic carbocycles. The maximum atomic E-state index is 13.8. The van der Waals surface area contributed by atoms with Gasteiger partial charge in [-0.15, -0.1) is 0 Å². The van der Waals surface area contributed by atoms with Crippen molar-refractivity contribution in [2.24, 2.45) is 7.05 Å². The van der Waals surface area contributed by atoms with Crippen LogP contribution in [-0.2, 0) is 22.8 Å². The Morgan fingerprint density at radius 2 is 1.89 bits per heavy atom. The molecule has 10 heteroatoms. The van der Waals surface area contributed by atoms with E-state index in [1.54, 1.807) is 32.3 Å². The number of carbonyl (C=O) groups is 1. The fourth-order valence-electron chi connectivity index (χ4n) is 4.02. The highest BCUT2D eigenvalue weighted by atomic mass is 19.4. The first-order chi connectivity index (χ1) is 18.2. The van der Waals surface area contributed by atoms with Crippen molar-refractivity contribution in [1.82, 2.24) is 14.8 Å². The van der Waals surface area contributed by atoms with E-state index in [0.717, 1.165) is 6.07 Å². The average Bonchev–Trinajstić information content (AvgIpc) is 3.34. The molecule has 0 bridgehead atoms. The predicted octanol–water partition coefficient (Wildman–Crippen LogP) is 6.47. The van der Waals surface area contributed by atoms with Gasteiger partial charge in [0.15, 0.2) is 0 Å². The minimum absolute atomic E-state index is 0.0645. The van der Waals surface area contributed by atoms with Crippen molar-refractivity contribution in [2.75, 3.05) is 11.9 Å². The molecule has 38 heavy (non-hydrogen) atoms. The Morgan fingerprint density at radius 1 is 1.13 bits per heavy atom.